The number of cyclic esters (lactones) is 1. The molecule has 1 unspecified atom stereocenters. The molecule has 9 nitrogen and oxygen atoms in total. The molecular weight excluding hydrogens is 405 g/mol. The molecule has 4 rings (SSSR count). The van der Waals surface area contributed by atoms with E-state index in [0.717, 1.165) is 0 Å². The largest absolute Gasteiger partial charge is 0.487 e. The number of benzene rings is 1. The molecule has 0 bridgehead atoms. The van der Waals surface area contributed by atoms with Gasteiger partial charge >= 0.3 is 6.09 Å². The molecule has 2 atom stereocenters. The van der Waals surface area contributed by atoms with Crippen LogP contribution in [0.1, 0.15) is 6.92 Å². The highest BCUT2D eigenvalue weighted by Crippen LogP contribution is 2.27. The van der Waals surface area contributed by atoms with Gasteiger partial charge in [-0.3, -0.25) is 14.7 Å². The van der Waals surface area contributed by atoms with Gasteiger partial charge < -0.3 is 24.7 Å². The van der Waals surface area contributed by atoms with Crippen molar-refractivity contribution in [1.29, 1.82) is 0 Å². The fraction of sp³-hybridized carbons (Fsp3) is 0.381. The first kappa shape index (κ1) is 20.9. The summed E-state index contributed by atoms with van der Waals surface area (Å²) in [4.78, 5) is 29.6. The van der Waals surface area contributed by atoms with Gasteiger partial charge in [0.05, 0.1) is 24.8 Å². The first-order valence-corrected chi connectivity index (χ1v) is 10.0. The van der Waals surface area contributed by atoms with Crippen LogP contribution >= 0.6 is 0 Å². The molecular formula is C21H24FN5O4. The van der Waals surface area contributed by atoms with Crippen molar-refractivity contribution in [2.45, 2.75) is 19.1 Å². The van der Waals surface area contributed by atoms with Crippen LogP contribution in [0.2, 0.25) is 0 Å². The van der Waals surface area contributed by atoms with E-state index in [4.69, 9.17) is 9.47 Å². The van der Waals surface area contributed by atoms with Crippen molar-refractivity contribution in [1.82, 2.24) is 20.1 Å². The van der Waals surface area contributed by atoms with E-state index >= 15 is 0 Å². The van der Waals surface area contributed by atoms with Crippen molar-refractivity contribution in [2.24, 2.45) is 12.0 Å². The Bertz CT molecular complexity index is 1110. The lowest BCUT2D eigenvalue weighted by molar-refractivity contribution is 0.130. The molecule has 1 amide bonds. The second kappa shape index (κ2) is 8.76. The van der Waals surface area contributed by atoms with Crippen molar-refractivity contribution >= 4 is 23.2 Å². The highest BCUT2D eigenvalue weighted by atomic mass is 19.1. The number of carbonyl (C=O) groups excluding carboxylic acids is 1. The molecule has 2 aliphatic heterocycles. The van der Waals surface area contributed by atoms with E-state index in [-0.39, 0.29) is 30.1 Å². The Morgan fingerprint density at radius 2 is 2.16 bits per heavy atom. The maximum atomic E-state index is 14.4. The second-order valence-corrected chi connectivity index (χ2v) is 7.51. The molecule has 1 saturated heterocycles. The van der Waals surface area contributed by atoms with E-state index in [9.17, 15) is 14.0 Å². The van der Waals surface area contributed by atoms with E-state index in [1.807, 2.05) is 6.92 Å². The van der Waals surface area contributed by atoms with E-state index in [0.29, 0.717) is 36.4 Å². The van der Waals surface area contributed by atoms with Gasteiger partial charge in [-0.2, -0.15) is 0 Å². The monoisotopic (exact) mass is 429 g/mol. The quantitative estimate of drug-likeness (QED) is 0.689. The Labute approximate surface area is 178 Å². The Hall–Kier alpha value is -3.40. The Morgan fingerprint density at radius 3 is 2.94 bits per heavy atom. The number of aliphatic imine (C=N–C) groups is 1. The normalized spacial score (nSPS) is 19.2. The fourth-order valence-electron chi connectivity index (χ4n) is 3.52. The summed E-state index contributed by atoms with van der Waals surface area (Å²) in [5.41, 5.74) is 0.172. The Kier molecular flexibility index (Phi) is 5.90. The molecule has 164 valence electrons. The SMILES string of the molecule is CC(COc1c(F)ccc2ccc(=O)n(C)c12)NC[C@H]1CN(C2=CN=CCN2)C(=O)O1. The van der Waals surface area contributed by atoms with Crippen molar-refractivity contribution in [3.05, 3.63) is 52.5 Å². The van der Waals surface area contributed by atoms with Crippen LogP contribution in [0.3, 0.4) is 0 Å². The van der Waals surface area contributed by atoms with Crippen molar-refractivity contribution in [3.63, 3.8) is 0 Å². The summed E-state index contributed by atoms with van der Waals surface area (Å²) >= 11 is 0. The second-order valence-electron chi connectivity index (χ2n) is 7.51. The molecule has 0 radical (unpaired) electrons. The zero-order valence-corrected chi connectivity index (χ0v) is 17.3. The number of carbonyl (C=O) groups is 1. The van der Waals surface area contributed by atoms with E-state index in [1.165, 1.54) is 21.6 Å². The van der Waals surface area contributed by atoms with Crippen LogP contribution in [0.15, 0.2) is 46.1 Å². The molecule has 0 aliphatic carbocycles. The molecule has 2 aromatic rings. The number of pyridine rings is 1. The molecule has 31 heavy (non-hydrogen) atoms. The topological polar surface area (TPSA) is 97.2 Å². The molecule has 1 aromatic carbocycles. The lowest BCUT2D eigenvalue weighted by Crippen LogP contribution is -2.39. The van der Waals surface area contributed by atoms with Crippen LogP contribution in [0.25, 0.3) is 10.9 Å². The predicted molar refractivity (Wildman–Crippen MR) is 114 cm³/mol. The van der Waals surface area contributed by atoms with Gasteiger partial charge in [0.25, 0.3) is 5.56 Å². The third kappa shape index (κ3) is 4.38. The maximum absolute atomic E-state index is 14.4. The highest BCUT2D eigenvalue weighted by molar-refractivity contribution is 5.85. The van der Waals surface area contributed by atoms with Crippen molar-refractivity contribution in [2.75, 3.05) is 26.2 Å². The first-order valence-electron chi connectivity index (χ1n) is 10.0. The predicted octanol–water partition coefficient (Wildman–Crippen LogP) is 1.33. The lowest BCUT2D eigenvalue weighted by Gasteiger charge is -2.20. The summed E-state index contributed by atoms with van der Waals surface area (Å²) in [5.74, 6) is 0.126. The number of aryl methyl sites for hydroxylation is 1. The van der Waals surface area contributed by atoms with Gasteiger partial charge in [-0.15, -0.1) is 0 Å². The standard InChI is InChI=1S/C21H24FN5O4/c1-13(25-9-15-11-27(21(29)31-15)17-10-23-7-8-24-17)12-30-20-16(22)5-3-14-4-6-18(28)26(2)19(14)20/h3-7,10,13,15,24-25H,8-9,11-12H2,1-2H3/t13?,15-/m0/s1. The van der Waals surface area contributed by atoms with Crippen LogP contribution < -0.4 is 20.9 Å². The summed E-state index contributed by atoms with van der Waals surface area (Å²) in [6, 6.07) is 5.87. The minimum absolute atomic E-state index is 0.0423. The van der Waals surface area contributed by atoms with Gasteiger partial charge in [0.2, 0.25) is 0 Å². The number of nitrogens with zero attached hydrogens (tertiary/aromatic N) is 3. The number of hydrogen-bond donors (Lipinski definition) is 2. The van der Waals surface area contributed by atoms with Gasteiger partial charge in [-0.05, 0) is 25.1 Å². The Balaban J connectivity index is 1.35. The summed E-state index contributed by atoms with van der Waals surface area (Å²) < 4.78 is 27.0. The van der Waals surface area contributed by atoms with Crippen LogP contribution in [-0.2, 0) is 11.8 Å². The average Bonchev–Trinajstić information content (AvgIpc) is 3.15. The van der Waals surface area contributed by atoms with Crippen molar-refractivity contribution in [3.8, 4) is 5.75 Å². The number of fused-ring (bicyclic) bond motifs is 1. The Morgan fingerprint density at radius 1 is 1.35 bits per heavy atom. The average molecular weight is 429 g/mol. The van der Waals surface area contributed by atoms with Gasteiger partial charge in [-0.1, -0.05) is 0 Å². The zero-order valence-electron chi connectivity index (χ0n) is 17.3. The summed E-state index contributed by atoms with van der Waals surface area (Å²) in [5, 5.41) is 7.04. The number of hydrogen-bond acceptors (Lipinski definition) is 7. The lowest BCUT2D eigenvalue weighted by atomic mass is 10.2. The molecule has 0 saturated carbocycles. The number of aromatic nitrogens is 1. The van der Waals surface area contributed by atoms with Gasteiger partial charge in [0, 0.05) is 37.3 Å². The maximum Gasteiger partial charge on any atom is 0.415 e. The molecule has 1 fully saturated rings. The minimum Gasteiger partial charge on any atom is -0.487 e. The zero-order chi connectivity index (χ0) is 22.0. The van der Waals surface area contributed by atoms with E-state index in [1.54, 1.807) is 31.6 Å². The molecule has 2 N–H and O–H groups in total. The molecule has 10 heteroatoms. The fourth-order valence-corrected chi connectivity index (χ4v) is 3.52. The first-order chi connectivity index (χ1) is 14.9. The number of nitrogens with one attached hydrogen (secondary N) is 2. The van der Waals surface area contributed by atoms with Crippen LogP contribution in [-0.4, -0.2) is 60.2 Å². The van der Waals surface area contributed by atoms with E-state index in [2.05, 4.69) is 15.6 Å². The smallest absolute Gasteiger partial charge is 0.415 e. The number of amides is 1. The van der Waals surface area contributed by atoms with E-state index < -0.39 is 11.9 Å². The van der Waals surface area contributed by atoms with Crippen LogP contribution in [0.5, 0.6) is 5.75 Å². The summed E-state index contributed by atoms with van der Waals surface area (Å²) in [6.45, 7) is 3.43. The highest BCUT2D eigenvalue weighted by Gasteiger charge is 2.34. The van der Waals surface area contributed by atoms with Crippen LogP contribution in [0, 0.1) is 5.82 Å². The summed E-state index contributed by atoms with van der Waals surface area (Å²) in [6.07, 6.45) is 2.54. The van der Waals surface area contributed by atoms with Gasteiger partial charge in [0.1, 0.15) is 18.5 Å². The molecule has 2 aliphatic rings. The molecule has 1 aromatic heterocycles. The number of ether oxygens (including phenoxy) is 2. The third-order valence-corrected chi connectivity index (χ3v) is 5.20. The number of rotatable bonds is 7. The third-order valence-electron chi connectivity index (χ3n) is 5.20. The number of halogens is 1. The van der Waals surface area contributed by atoms with Crippen molar-refractivity contribution < 1.29 is 18.7 Å². The van der Waals surface area contributed by atoms with Gasteiger partial charge in [0.15, 0.2) is 11.6 Å². The van der Waals surface area contributed by atoms with Crippen LogP contribution in [0.4, 0.5) is 9.18 Å². The minimum atomic E-state index is -0.530. The molecule has 0 spiro atoms. The summed E-state index contributed by atoms with van der Waals surface area (Å²) in [7, 11) is 1.58. The van der Waals surface area contributed by atoms with Gasteiger partial charge in [-0.25, -0.2) is 9.18 Å². The molecule has 3 heterocycles.